The van der Waals surface area contributed by atoms with Gasteiger partial charge >= 0.3 is 0 Å². The van der Waals surface area contributed by atoms with Gasteiger partial charge in [-0.15, -0.1) is 11.3 Å². The molecule has 0 spiro atoms. The molecule has 0 bridgehead atoms. The molecule has 120 valence electrons. The van der Waals surface area contributed by atoms with Gasteiger partial charge in [0.1, 0.15) is 5.52 Å². The maximum Gasteiger partial charge on any atom is 0.230 e. The Morgan fingerprint density at radius 2 is 2.13 bits per heavy atom. The van der Waals surface area contributed by atoms with Crippen molar-refractivity contribution in [3.05, 3.63) is 52.0 Å². The van der Waals surface area contributed by atoms with Crippen molar-refractivity contribution in [1.29, 1.82) is 0 Å². The highest BCUT2D eigenvalue weighted by molar-refractivity contribution is 7.10. The second-order valence-electron chi connectivity index (χ2n) is 6.14. The third kappa shape index (κ3) is 3.15. The van der Waals surface area contributed by atoms with Crippen LogP contribution in [-0.4, -0.2) is 17.4 Å². The molecule has 3 rings (SSSR count). The number of aryl methyl sites for hydroxylation is 1. The maximum absolute atomic E-state index is 12.4. The van der Waals surface area contributed by atoms with E-state index < -0.39 is 5.41 Å². The molecule has 1 amide bonds. The van der Waals surface area contributed by atoms with Crippen molar-refractivity contribution in [1.82, 2.24) is 10.3 Å². The summed E-state index contributed by atoms with van der Waals surface area (Å²) < 4.78 is 5.73. The van der Waals surface area contributed by atoms with Crippen LogP contribution in [0.4, 0.5) is 0 Å². The Labute approximate surface area is 139 Å². The van der Waals surface area contributed by atoms with Gasteiger partial charge in [0.05, 0.1) is 5.41 Å². The van der Waals surface area contributed by atoms with Crippen molar-refractivity contribution < 1.29 is 9.21 Å². The molecule has 0 saturated carbocycles. The number of para-hydroxylation sites is 1. The van der Waals surface area contributed by atoms with Crippen LogP contribution in [0, 0.1) is 6.92 Å². The Morgan fingerprint density at radius 3 is 2.83 bits per heavy atom. The van der Waals surface area contributed by atoms with Crippen LogP contribution in [0.1, 0.15) is 30.2 Å². The van der Waals surface area contributed by atoms with E-state index >= 15 is 0 Å². The Morgan fingerprint density at radius 1 is 1.30 bits per heavy atom. The zero-order chi connectivity index (χ0) is 16.4. The fourth-order valence-electron chi connectivity index (χ4n) is 2.49. The molecule has 4 nitrogen and oxygen atoms in total. The average molecular weight is 328 g/mol. The molecule has 0 saturated heterocycles. The SMILES string of the molecule is Cc1cccc2oc(CCNC(=O)C(C)(C)c3cccs3)nc12. The molecule has 1 N–H and O–H groups in total. The summed E-state index contributed by atoms with van der Waals surface area (Å²) in [7, 11) is 0. The van der Waals surface area contributed by atoms with Gasteiger partial charge in [0.2, 0.25) is 5.91 Å². The molecular weight excluding hydrogens is 308 g/mol. The van der Waals surface area contributed by atoms with Gasteiger partial charge < -0.3 is 9.73 Å². The molecule has 0 aliphatic rings. The molecular formula is C18H20N2O2S. The molecule has 0 atom stereocenters. The Balaban J connectivity index is 1.62. The number of amides is 1. The van der Waals surface area contributed by atoms with Gasteiger partial charge in [0, 0.05) is 17.8 Å². The van der Waals surface area contributed by atoms with Crippen LogP contribution in [-0.2, 0) is 16.6 Å². The highest BCUT2D eigenvalue weighted by Crippen LogP contribution is 2.27. The molecule has 1 aromatic carbocycles. The van der Waals surface area contributed by atoms with Gasteiger partial charge in [-0.3, -0.25) is 4.79 Å². The van der Waals surface area contributed by atoms with Gasteiger partial charge in [-0.1, -0.05) is 18.2 Å². The smallest absolute Gasteiger partial charge is 0.230 e. The number of carbonyl (C=O) groups excluding carboxylic acids is 1. The molecule has 2 heterocycles. The van der Waals surface area contributed by atoms with Crippen LogP contribution in [0.2, 0.25) is 0 Å². The normalized spacial score (nSPS) is 11.8. The number of carbonyl (C=O) groups is 1. The van der Waals surface area contributed by atoms with Crippen LogP contribution < -0.4 is 5.32 Å². The van der Waals surface area contributed by atoms with Gasteiger partial charge in [0.25, 0.3) is 0 Å². The molecule has 0 unspecified atom stereocenters. The molecule has 3 aromatic rings. The standard InChI is InChI=1S/C18H20N2O2S/c1-12-6-4-7-13-16(12)20-15(22-13)9-10-19-17(21)18(2,3)14-8-5-11-23-14/h4-8,11H,9-10H2,1-3H3,(H,19,21). The summed E-state index contributed by atoms with van der Waals surface area (Å²) in [5.41, 5.74) is 2.27. The summed E-state index contributed by atoms with van der Waals surface area (Å²) >= 11 is 1.60. The Kier molecular flexibility index (Phi) is 4.22. The number of fused-ring (bicyclic) bond motifs is 1. The fourth-order valence-corrected chi connectivity index (χ4v) is 3.34. The molecule has 0 fully saturated rings. The lowest BCUT2D eigenvalue weighted by molar-refractivity contribution is -0.125. The first-order valence-electron chi connectivity index (χ1n) is 7.66. The second-order valence-corrected chi connectivity index (χ2v) is 7.09. The van der Waals surface area contributed by atoms with E-state index in [9.17, 15) is 4.79 Å². The fraction of sp³-hybridized carbons (Fsp3) is 0.333. The predicted octanol–water partition coefficient (Wildman–Crippen LogP) is 3.83. The Hall–Kier alpha value is -2.14. The first-order valence-corrected chi connectivity index (χ1v) is 8.54. The first kappa shape index (κ1) is 15.7. The molecule has 5 heteroatoms. The summed E-state index contributed by atoms with van der Waals surface area (Å²) in [4.78, 5) is 18.0. The molecule has 0 radical (unpaired) electrons. The highest BCUT2D eigenvalue weighted by Gasteiger charge is 2.30. The number of rotatable bonds is 5. The molecule has 0 aliphatic carbocycles. The minimum atomic E-state index is -0.522. The van der Waals surface area contributed by atoms with E-state index in [-0.39, 0.29) is 5.91 Å². The molecule has 2 aromatic heterocycles. The molecule has 0 aliphatic heterocycles. The first-order chi connectivity index (χ1) is 11.0. The summed E-state index contributed by atoms with van der Waals surface area (Å²) in [5, 5.41) is 4.98. The average Bonchev–Trinajstić information content (AvgIpc) is 3.17. The maximum atomic E-state index is 12.4. The minimum Gasteiger partial charge on any atom is -0.441 e. The van der Waals surface area contributed by atoms with E-state index in [1.807, 2.05) is 56.5 Å². The lowest BCUT2D eigenvalue weighted by atomic mass is 9.90. The van der Waals surface area contributed by atoms with Crippen LogP contribution in [0.25, 0.3) is 11.1 Å². The molecule has 23 heavy (non-hydrogen) atoms. The zero-order valence-electron chi connectivity index (χ0n) is 13.6. The third-order valence-electron chi connectivity index (χ3n) is 3.99. The largest absolute Gasteiger partial charge is 0.441 e. The van der Waals surface area contributed by atoms with E-state index in [1.54, 1.807) is 11.3 Å². The summed E-state index contributed by atoms with van der Waals surface area (Å²) in [6.45, 7) is 6.41. The van der Waals surface area contributed by atoms with Crippen LogP contribution in [0.15, 0.2) is 40.1 Å². The quantitative estimate of drug-likeness (QED) is 0.774. The summed E-state index contributed by atoms with van der Waals surface area (Å²) in [5.74, 6) is 0.677. The van der Waals surface area contributed by atoms with Crippen molar-refractivity contribution in [2.24, 2.45) is 0 Å². The number of thiophene rings is 1. The van der Waals surface area contributed by atoms with E-state index in [2.05, 4.69) is 10.3 Å². The third-order valence-corrected chi connectivity index (χ3v) is 5.19. The number of benzene rings is 1. The lowest BCUT2D eigenvalue weighted by Gasteiger charge is -2.22. The number of aromatic nitrogens is 1. The summed E-state index contributed by atoms with van der Waals surface area (Å²) in [6, 6.07) is 9.85. The minimum absolute atomic E-state index is 0.0206. The number of oxazole rings is 1. The number of hydrogen-bond donors (Lipinski definition) is 1. The van der Waals surface area contributed by atoms with Crippen molar-refractivity contribution in [3.63, 3.8) is 0 Å². The highest BCUT2D eigenvalue weighted by atomic mass is 32.1. The topological polar surface area (TPSA) is 55.1 Å². The lowest BCUT2D eigenvalue weighted by Crippen LogP contribution is -2.40. The summed E-state index contributed by atoms with van der Waals surface area (Å²) in [6.07, 6.45) is 0.584. The van der Waals surface area contributed by atoms with Gasteiger partial charge in [0.15, 0.2) is 11.5 Å². The van der Waals surface area contributed by atoms with Crippen molar-refractivity contribution in [2.45, 2.75) is 32.6 Å². The van der Waals surface area contributed by atoms with Gasteiger partial charge in [-0.05, 0) is 43.8 Å². The van der Waals surface area contributed by atoms with Crippen LogP contribution >= 0.6 is 11.3 Å². The van der Waals surface area contributed by atoms with E-state index in [0.717, 1.165) is 21.5 Å². The van der Waals surface area contributed by atoms with Gasteiger partial charge in [-0.2, -0.15) is 0 Å². The van der Waals surface area contributed by atoms with E-state index in [0.29, 0.717) is 18.9 Å². The van der Waals surface area contributed by atoms with Crippen LogP contribution in [0.3, 0.4) is 0 Å². The predicted molar refractivity (Wildman–Crippen MR) is 92.8 cm³/mol. The second kappa shape index (κ2) is 6.16. The number of nitrogens with zero attached hydrogens (tertiary/aromatic N) is 1. The number of nitrogens with one attached hydrogen (secondary N) is 1. The zero-order valence-corrected chi connectivity index (χ0v) is 14.4. The van der Waals surface area contributed by atoms with E-state index in [4.69, 9.17) is 4.42 Å². The monoisotopic (exact) mass is 328 g/mol. The van der Waals surface area contributed by atoms with Crippen LogP contribution in [0.5, 0.6) is 0 Å². The van der Waals surface area contributed by atoms with Crippen molar-refractivity contribution in [2.75, 3.05) is 6.54 Å². The van der Waals surface area contributed by atoms with E-state index in [1.165, 1.54) is 0 Å². The van der Waals surface area contributed by atoms with Gasteiger partial charge in [-0.25, -0.2) is 4.98 Å². The van der Waals surface area contributed by atoms with Crippen molar-refractivity contribution >= 4 is 28.3 Å². The van der Waals surface area contributed by atoms with Crippen molar-refractivity contribution in [3.8, 4) is 0 Å². The number of hydrogen-bond acceptors (Lipinski definition) is 4. The Bertz CT molecular complexity index is 819.